The van der Waals surface area contributed by atoms with Crippen molar-refractivity contribution in [3.63, 3.8) is 0 Å². The fraction of sp³-hybridized carbons (Fsp3) is 0.375. The summed E-state index contributed by atoms with van der Waals surface area (Å²) in [5.41, 5.74) is 3.29. The molecule has 0 bridgehead atoms. The first-order valence-corrected chi connectivity index (χ1v) is 11.0. The van der Waals surface area contributed by atoms with E-state index in [2.05, 4.69) is 30.4 Å². The molecule has 4 heterocycles. The summed E-state index contributed by atoms with van der Waals surface area (Å²) in [6, 6.07) is 7.35. The Kier molecular flexibility index (Phi) is 6.97. The quantitative estimate of drug-likeness (QED) is 0.589. The van der Waals surface area contributed by atoms with Gasteiger partial charge in [0.05, 0.1) is 13.3 Å². The topological polar surface area (TPSA) is 102 Å². The maximum absolute atomic E-state index is 12.6. The van der Waals surface area contributed by atoms with Crippen molar-refractivity contribution in [1.29, 1.82) is 0 Å². The lowest BCUT2D eigenvalue weighted by atomic mass is 10.1. The zero-order valence-corrected chi connectivity index (χ0v) is 19.1. The predicted molar refractivity (Wildman–Crippen MR) is 124 cm³/mol. The molecule has 0 saturated carbocycles. The molecule has 3 aromatic rings. The minimum absolute atomic E-state index is 0.117. The van der Waals surface area contributed by atoms with E-state index in [9.17, 15) is 4.79 Å². The van der Waals surface area contributed by atoms with Crippen LogP contribution in [0.5, 0.6) is 11.6 Å². The second-order valence-electron chi connectivity index (χ2n) is 8.06. The molecule has 1 N–H and O–H groups in total. The molecule has 33 heavy (non-hydrogen) atoms. The van der Waals surface area contributed by atoms with Gasteiger partial charge in [-0.2, -0.15) is 0 Å². The fourth-order valence-corrected chi connectivity index (χ4v) is 3.80. The maximum atomic E-state index is 12.6. The highest BCUT2D eigenvalue weighted by Crippen LogP contribution is 2.24. The van der Waals surface area contributed by atoms with Gasteiger partial charge >= 0.3 is 0 Å². The monoisotopic (exact) mass is 448 g/mol. The average molecular weight is 449 g/mol. The van der Waals surface area contributed by atoms with Crippen LogP contribution in [-0.4, -0.2) is 52.4 Å². The summed E-state index contributed by atoms with van der Waals surface area (Å²) in [5.74, 6) is 1.87. The standard InChI is InChI=1S/C24H28N6O3/c1-16-12-21(24(31)27-14-18-6-9-25-13-17(18)2)28-29-23(16)30-10-7-19(8-11-30)33-20-4-5-22(32-3)26-15-20/h4-6,9,12-13,15,19H,7-8,10-11,14H2,1-3H3,(H,27,31). The largest absolute Gasteiger partial charge is 0.489 e. The lowest BCUT2D eigenvalue weighted by molar-refractivity contribution is 0.0944. The molecular formula is C24H28N6O3. The van der Waals surface area contributed by atoms with Gasteiger partial charge in [0.15, 0.2) is 11.5 Å². The zero-order valence-electron chi connectivity index (χ0n) is 19.1. The molecule has 172 valence electrons. The summed E-state index contributed by atoms with van der Waals surface area (Å²) >= 11 is 0. The van der Waals surface area contributed by atoms with Crippen LogP contribution in [0.15, 0.2) is 42.9 Å². The van der Waals surface area contributed by atoms with E-state index in [0.717, 1.165) is 54.2 Å². The molecule has 1 saturated heterocycles. The summed E-state index contributed by atoms with van der Waals surface area (Å²) < 4.78 is 11.1. The molecule has 0 spiro atoms. The van der Waals surface area contributed by atoms with Crippen LogP contribution in [0.1, 0.15) is 40.0 Å². The van der Waals surface area contributed by atoms with E-state index in [4.69, 9.17) is 9.47 Å². The number of aryl methyl sites for hydroxylation is 2. The number of nitrogens with one attached hydrogen (secondary N) is 1. The minimum atomic E-state index is -0.242. The Labute approximate surface area is 193 Å². The fourth-order valence-electron chi connectivity index (χ4n) is 3.80. The number of carbonyl (C=O) groups is 1. The Balaban J connectivity index is 1.31. The van der Waals surface area contributed by atoms with Crippen molar-refractivity contribution in [2.24, 2.45) is 0 Å². The van der Waals surface area contributed by atoms with Crippen molar-refractivity contribution >= 4 is 11.7 Å². The molecular weight excluding hydrogens is 420 g/mol. The first-order chi connectivity index (χ1) is 16.0. The summed E-state index contributed by atoms with van der Waals surface area (Å²) in [5, 5.41) is 11.5. The molecule has 1 amide bonds. The van der Waals surface area contributed by atoms with E-state index >= 15 is 0 Å². The van der Waals surface area contributed by atoms with Gasteiger partial charge in [0, 0.05) is 50.9 Å². The molecule has 1 aliphatic rings. The van der Waals surface area contributed by atoms with E-state index in [-0.39, 0.29) is 12.0 Å². The zero-order chi connectivity index (χ0) is 23.2. The van der Waals surface area contributed by atoms with E-state index in [1.54, 1.807) is 37.8 Å². The van der Waals surface area contributed by atoms with Gasteiger partial charge in [-0.3, -0.25) is 9.78 Å². The van der Waals surface area contributed by atoms with Gasteiger partial charge in [-0.25, -0.2) is 4.98 Å². The van der Waals surface area contributed by atoms with Crippen LogP contribution in [-0.2, 0) is 6.54 Å². The molecule has 9 nitrogen and oxygen atoms in total. The number of amides is 1. The summed E-state index contributed by atoms with van der Waals surface area (Å²) in [6.45, 7) is 5.95. The highest BCUT2D eigenvalue weighted by molar-refractivity contribution is 5.92. The normalized spacial score (nSPS) is 14.1. The molecule has 3 aromatic heterocycles. The molecule has 0 aromatic carbocycles. The number of ether oxygens (including phenoxy) is 2. The predicted octanol–water partition coefficient (Wildman–Crippen LogP) is 2.87. The number of pyridine rings is 2. The number of hydrogen-bond acceptors (Lipinski definition) is 8. The van der Waals surface area contributed by atoms with Crippen molar-refractivity contribution in [2.45, 2.75) is 39.3 Å². The van der Waals surface area contributed by atoms with Gasteiger partial charge in [0.1, 0.15) is 11.9 Å². The Bertz CT molecular complexity index is 1100. The van der Waals surface area contributed by atoms with Crippen LogP contribution in [0.3, 0.4) is 0 Å². The van der Waals surface area contributed by atoms with Crippen LogP contribution >= 0.6 is 0 Å². The van der Waals surface area contributed by atoms with Crippen molar-refractivity contribution < 1.29 is 14.3 Å². The van der Waals surface area contributed by atoms with E-state index in [1.165, 1.54) is 0 Å². The number of anilines is 1. The summed E-state index contributed by atoms with van der Waals surface area (Å²) in [4.78, 5) is 23.0. The Morgan fingerprint density at radius 3 is 2.61 bits per heavy atom. The van der Waals surface area contributed by atoms with Gasteiger partial charge in [-0.1, -0.05) is 0 Å². The molecule has 9 heteroatoms. The Hall–Kier alpha value is -3.75. The minimum Gasteiger partial charge on any atom is -0.489 e. The number of carbonyl (C=O) groups excluding carboxylic acids is 1. The number of piperidine rings is 1. The first kappa shape index (κ1) is 22.4. The molecule has 1 fully saturated rings. The lowest BCUT2D eigenvalue weighted by Gasteiger charge is -2.33. The van der Waals surface area contributed by atoms with Gasteiger partial charge in [-0.15, -0.1) is 10.2 Å². The first-order valence-electron chi connectivity index (χ1n) is 11.0. The molecule has 0 unspecified atom stereocenters. The van der Waals surface area contributed by atoms with Crippen LogP contribution < -0.4 is 19.7 Å². The highest BCUT2D eigenvalue weighted by Gasteiger charge is 2.23. The van der Waals surface area contributed by atoms with Crippen molar-refractivity contribution in [3.8, 4) is 11.6 Å². The Morgan fingerprint density at radius 1 is 1.12 bits per heavy atom. The van der Waals surface area contributed by atoms with Gasteiger partial charge < -0.3 is 19.7 Å². The molecule has 0 atom stereocenters. The van der Waals surface area contributed by atoms with Crippen molar-refractivity contribution in [3.05, 3.63) is 65.2 Å². The molecule has 0 radical (unpaired) electrons. The van der Waals surface area contributed by atoms with Gasteiger partial charge in [0.25, 0.3) is 5.91 Å². The number of methoxy groups -OCH3 is 1. The highest BCUT2D eigenvalue weighted by atomic mass is 16.5. The SMILES string of the molecule is COc1ccc(OC2CCN(c3nnc(C(=O)NCc4ccncc4C)cc3C)CC2)cn1. The van der Waals surface area contributed by atoms with E-state index in [1.807, 2.05) is 26.0 Å². The maximum Gasteiger partial charge on any atom is 0.272 e. The molecule has 0 aliphatic carbocycles. The number of nitrogens with zero attached hydrogens (tertiary/aromatic N) is 5. The van der Waals surface area contributed by atoms with E-state index in [0.29, 0.717) is 18.1 Å². The summed E-state index contributed by atoms with van der Waals surface area (Å²) in [6.07, 6.45) is 7.02. The van der Waals surface area contributed by atoms with Crippen LogP contribution in [0.2, 0.25) is 0 Å². The number of aromatic nitrogens is 4. The lowest BCUT2D eigenvalue weighted by Crippen LogP contribution is -2.39. The van der Waals surface area contributed by atoms with E-state index < -0.39 is 0 Å². The van der Waals surface area contributed by atoms with Gasteiger partial charge in [0.2, 0.25) is 5.88 Å². The van der Waals surface area contributed by atoms with Crippen molar-refractivity contribution in [1.82, 2.24) is 25.5 Å². The van der Waals surface area contributed by atoms with Crippen LogP contribution in [0, 0.1) is 13.8 Å². The molecule has 4 rings (SSSR count). The second kappa shape index (κ2) is 10.2. The Morgan fingerprint density at radius 2 is 1.94 bits per heavy atom. The average Bonchev–Trinajstić information content (AvgIpc) is 2.84. The smallest absolute Gasteiger partial charge is 0.272 e. The number of rotatable bonds is 7. The number of hydrogen-bond donors (Lipinski definition) is 1. The molecule has 1 aliphatic heterocycles. The van der Waals surface area contributed by atoms with Crippen LogP contribution in [0.4, 0.5) is 5.82 Å². The van der Waals surface area contributed by atoms with Crippen LogP contribution in [0.25, 0.3) is 0 Å². The van der Waals surface area contributed by atoms with Gasteiger partial charge in [-0.05, 0) is 48.7 Å². The second-order valence-corrected chi connectivity index (χ2v) is 8.06. The third kappa shape index (κ3) is 5.54. The summed E-state index contributed by atoms with van der Waals surface area (Å²) in [7, 11) is 1.59. The van der Waals surface area contributed by atoms with Crippen molar-refractivity contribution in [2.75, 3.05) is 25.1 Å². The third-order valence-corrected chi connectivity index (χ3v) is 5.73. The third-order valence-electron chi connectivity index (χ3n) is 5.73.